The molecule has 1 aliphatic rings. The number of rotatable bonds is 3. The molecule has 3 rings (SSSR count). The van der Waals surface area contributed by atoms with Crippen LogP contribution >= 0.6 is 0 Å². The van der Waals surface area contributed by atoms with E-state index in [1.165, 1.54) is 6.20 Å². The number of anilines is 1. The van der Waals surface area contributed by atoms with Crippen LogP contribution < -0.4 is 10.6 Å². The van der Waals surface area contributed by atoms with E-state index in [1.54, 1.807) is 4.90 Å². The summed E-state index contributed by atoms with van der Waals surface area (Å²) in [6.45, 7) is 0. The van der Waals surface area contributed by atoms with E-state index in [-0.39, 0.29) is 17.8 Å². The summed E-state index contributed by atoms with van der Waals surface area (Å²) in [6.07, 6.45) is 2.65. The zero-order chi connectivity index (χ0) is 14.8. The van der Waals surface area contributed by atoms with Crippen molar-refractivity contribution in [1.29, 1.82) is 0 Å². The molecule has 1 amide bonds. The predicted octanol–water partition coefficient (Wildman–Crippen LogP) is 1.37. The average Bonchev–Trinajstić information content (AvgIpc) is 3.13. The molecular formula is C14H15N5O2. The largest absolute Gasteiger partial charge is 0.409 e. The molecule has 7 heteroatoms. The number of carbonyl (C=O) groups excluding carboxylic acids is 1. The van der Waals surface area contributed by atoms with Crippen molar-refractivity contribution in [3.05, 3.63) is 47.8 Å². The second-order valence-corrected chi connectivity index (χ2v) is 4.83. The molecule has 1 aliphatic heterocycles. The lowest BCUT2D eigenvalue weighted by Crippen LogP contribution is -2.28. The fraction of sp³-hybridized carbons (Fsp3) is 0.214. The van der Waals surface area contributed by atoms with Gasteiger partial charge in [-0.25, -0.2) is 4.98 Å². The van der Waals surface area contributed by atoms with Gasteiger partial charge in [-0.1, -0.05) is 35.5 Å². The number of nitrogens with zero attached hydrogens (tertiary/aromatic N) is 3. The van der Waals surface area contributed by atoms with E-state index in [9.17, 15) is 4.79 Å². The Balaban J connectivity index is 1.95. The van der Waals surface area contributed by atoms with Gasteiger partial charge in [0.05, 0.1) is 12.2 Å². The quantitative estimate of drug-likeness (QED) is 0.342. The maximum atomic E-state index is 12.2. The van der Waals surface area contributed by atoms with Crippen molar-refractivity contribution in [3.8, 4) is 0 Å². The summed E-state index contributed by atoms with van der Waals surface area (Å²) in [5.41, 5.74) is 6.95. The average molecular weight is 285 g/mol. The molecule has 0 aliphatic carbocycles. The van der Waals surface area contributed by atoms with Crippen LogP contribution in [0.25, 0.3) is 0 Å². The van der Waals surface area contributed by atoms with E-state index in [0.717, 1.165) is 12.0 Å². The van der Waals surface area contributed by atoms with E-state index < -0.39 is 0 Å². The zero-order valence-corrected chi connectivity index (χ0v) is 11.2. The van der Waals surface area contributed by atoms with Gasteiger partial charge in [-0.05, 0) is 12.0 Å². The van der Waals surface area contributed by atoms with Gasteiger partial charge in [-0.3, -0.25) is 9.69 Å². The Bertz CT molecular complexity index is 680. The number of amides is 1. The molecule has 0 radical (unpaired) electrons. The highest BCUT2D eigenvalue weighted by Gasteiger charge is 2.35. The lowest BCUT2D eigenvalue weighted by molar-refractivity contribution is -0.117. The van der Waals surface area contributed by atoms with Gasteiger partial charge in [0.2, 0.25) is 11.9 Å². The van der Waals surface area contributed by atoms with E-state index in [1.807, 2.05) is 30.3 Å². The van der Waals surface area contributed by atoms with Crippen LogP contribution in [0.3, 0.4) is 0 Å². The molecule has 7 nitrogen and oxygen atoms in total. The molecule has 21 heavy (non-hydrogen) atoms. The number of aromatic nitrogens is 2. The third-order valence-corrected chi connectivity index (χ3v) is 3.57. The van der Waals surface area contributed by atoms with Gasteiger partial charge in [-0.2, -0.15) is 0 Å². The second kappa shape index (κ2) is 5.28. The number of amidine groups is 1. The normalized spacial score (nSPS) is 19.2. The molecule has 1 aromatic carbocycles. The molecule has 1 unspecified atom stereocenters. The third kappa shape index (κ3) is 2.33. The summed E-state index contributed by atoms with van der Waals surface area (Å²) in [5, 5.41) is 11.6. The Labute approximate surface area is 121 Å². The smallest absolute Gasteiger partial charge is 0.229 e. The van der Waals surface area contributed by atoms with Crippen LogP contribution in [0, 0.1) is 0 Å². The number of benzene rings is 1. The molecule has 1 saturated heterocycles. The Morgan fingerprint density at radius 2 is 2.19 bits per heavy atom. The number of hydrogen-bond donors (Lipinski definition) is 3. The first kappa shape index (κ1) is 13.2. The lowest BCUT2D eigenvalue weighted by atomic mass is 10.1. The number of nitrogens with two attached hydrogens (primary N) is 1. The van der Waals surface area contributed by atoms with Crippen molar-refractivity contribution >= 4 is 17.7 Å². The van der Waals surface area contributed by atoms with Gasteiger partial charge >= 0.3 is 0 Å². The highest BCUT2D eigenvalue weighted by atomic mass is 16.4. The number of carbonyl (C=O) groups is 1. The van der Waals surface area contributed by atoms with Crippen molar-refractivity contribution in [1.82, 2.24) is 9.97 Å². The van der Waals surface area contributed by atoms with Crippen LogP contribution in [0.1, 0.15) is 30.1 Å². The van der Waals surface area contributed by atoms with Crippen molar-refractivity contribution in [2.45, 2.75) is 18.9 Å². The molecular weight excluding hydrogens is 270 g/mol. The van der Waals surface area contributed by atoms with Crippen molar-refractivity contribution in [2.24, 2.45) is 10.9 Å². The number of aromatic amines is 1. The molecule has 2 heterocycles. The summed E-state index contributed by atoms with van der Waals surface area (Å²) in [5.74, 6) is 0.342. The van der Waals surface area contributed by atoms with Gasteiger partial charge in [0, 0.05) is 6.42 Å². The molecule has 0 bridgehead atoms. The minimum atomic E-state index is -0.0725. The van der Waals surface area contributed by atoms with E-state index in [4.69, 9.17) is 10.9 Å². The van der Waals surface area contributed by atoms with Gasteiger partial charge in [-0.15, -0.1) is 0 Å². The first-order valence-electron chi connectivity index (χ1n) is 6.60. The van der Waals surface area contributed by atoms with Crippen LogP contribution in [-0.2, 0) is 4.79 Å². The molecule has 1 aromatic heterocycles. The van der Waals surface area contributed by atoms with E-state index >= 15 is 0 Å². The number of H-pyrrole nitrogens is 1. The van der Waals surface area contributed by atoms with Crippen molar-refractivity contribution < 1.29 is 10.0 Å². The molecule has 0 saturated carbocycles. The van der Waals surface area contributed by atoms with Gasteiger partial charge in [0.25, 0.3) is 0 Å². The topological polar surface area (TPSA) is 108 Å². The van der Waals surface area contributed by atoms with Crippen LogP contribution in [0.4, 0.5) is 5.95 Å². The van der Waals surface area contributed by atoms with Crippen molar-refractivity contribution in [3.63, 3.8) is 0 Å². The standard InChI is InChI=1S/C14H15N5O2/c15-13(18-21)10-8-16-14(17-10)19-11(6-7-12(19)20)9-4-2-1-3-5-9/h1-5,8,11,21H,6-7H2,(H2,15,18)(H,16,17). The Kier molecular flexibility index (Phi) is 3.31. The monoisotopic (exact) mass is 285 g/mol. The van der Waals surface area contributed by atoms with Crippen LogP contribution in [-0.4, -0.2) is 26.9 Å². The first-order valence-corrected chi connectivity index (χ1v) is 6.60. The Morgan fingerprint density at radius 1 is 1.43 bits per heavy atom. The van der Waals surface area contributed by atoms with Crippen LogP contribution in [0.15, 0.2) is 41.7 Å². The van der Waals surface area contributed by atoms with Crippen LogP contribution in [0.5, 0.6) is 0 Å². The second-order valence-electron chi connectivity index (χ2n) is 4.83. The number of nitrogens with one attached hydrogen (secondary N) is 1. The third-order valence-electron chi connectivity index (χ3n) is 3.57. The summed E-state index contributed by atoms with van der Waals surface area (Å²) in [6, 6.07) is 9.76. The molecule has 0 spiro atoms. The number of imidazole rings is 1. The fourth-order valence-corrected chi connectivity index (χ4v) is 2.56. The highest BCUT2D eigenvalue weighted by Crippen LogP contribution is 2.35. The van der Waals surface area contributed by atoms with Crippen molar-refractivity contribution in [2.75, 3.05) is 4.90 Å². The summed E-state index contributed by atoms with van der Waals surface area (Å²) in [7, 11) is 0. The Morgan fingerprint density at radius 3 is 2.90 bits per heavy atom. The number of hydrogen-bond acceptors (Lipinski definition) is 4. The molecule has 4 N–H and O–H groups in total. The fourth-order valence-electron chi connectivity index (χ4n) is 2.56. The van der Waals surface area contributed by atoms with E-state index in [2.05, 4.69) is 15.1 Å². The molecule has 1 atom stereocenters. The maximum Gasteiger partial charge on any atom is 0.229 e. The zero-order valence-electron chi connectivity index (χ0n) is 11.2. The summed E-state index contributed by atoms with van der Waals surface area (Å²) in [4.78, 5) is 20.9. The SMILES string of the molecule is NC(=NO)c1cnc(N2C(=O)CCC2c2ccccc2)[nH]1. The summed E-state index contributed by atoms with van der Waals surface area (Å²) < 4.78 is 0. The molecule has 1 fully saturated rings. The first-order chi connectivity index (χ1) is 10.2. The maximum absolute atomic E-state index is 12.2. The van der Waals surface area contributed by atoms with Gasteiger partial charge in [0.15, 0.2) is 5.84 Å². The van der Waals surface area contributed by atoms with Gasteiger partial charge < -0.3 is 15.9 Å². The lowest BCUT2D eigenvalue weighted by Gasteiger charge is -2.22. The molecule has 2 aromatic rings. The number of oxime groups is 1. The highest BCUT2D eigenvalue weighted by molar-refractivity contribution is 5.98. The predicted molar refractivity (Wildman–Crippen MR) is 77.0 cm³/mol. The minimum Gasteiger partial charge on any atom is -0.409 e. The van der Waals surface area contributed by atoms with Gasteiger partial charge in [0.1, 0.15) is 5.69 Å². The summed E-state index contributed by atoms with van der Waals surface area (Å²) >= 11 is 0. The molecule has 108 valence electrons. The Hall–Kier alpha value is -2.83. The van der Waals surface area contributed by atoms with Crippen LogP contribution in [0.2, 0.25) is 0 Å². The van der Waals surface area contributed by atoms with E-state index in [0.29, 0.717) is 18.1 Å². The minimum absolute atomic E-state index is 0.00395.